The fourth-order valence-corrected chi connectivity index (χ4v) is 5.12. The molecule has 1 aliphatic rings. The lowest BCUT2D eigenvalue weighted by Gasteiger charge is -2.16. The van der Waals surface area contributed by atoms with Crippen molar-refractivity contribution < 1.29 is 8.42 Å². The van der Waals surface area contributed by atoms with E-state index in [0.717, 1.165) is 24.1 Å². The van der Waals surface area contributed by atoms with Crippen LogP contribution in [0.5, 0.6) is 0 Å². The van der Waals surface area contributed by atoms with Gasteiger partial charge in [-0.15, -0.1) is 0 Å². The van der Waals surface area contributed by atoms with Crippen molar-refractivity contribution in [3.8, 4) is 11.4 Å². The summed E-state index contributed by atoms with van der Waals surface area (Å²) in [4.78, 5) is 40.4. The molecule has 0 amide bonds. The van der Waals surface area contributed by atoms with Gasteiger partial charge in [0.05, 0.1) is 46.0 Å². The van der Waals surface area contributed by atoms with Gasteiger partial charge in [0.2, 0.25) is 5.95 Å². The van der Waals surface area contributed by atoms with Gasteiger partial charge >= 0.3 is 0 Å². The smallest absolute Gasteiger partial charge is 0.295 e. The number of nitrogens with zero attached hydrogens (tertiary/aromatic N) is 7. The molecule has 4 aromatic rings. The van der Waals surface area contributed by atoms with E-state index in [9.17, 15) is 13.2 Å². The van der Waals surface area contributed by atoms with Crippen LogP contribution in [0, 0.1) is 6.92 Å². The van der Waals surface area contributed by atoms with E-state index in [-0.39, 0.29) is 48.0 Å². The predicted octanol–water partition coefficient (Wildman–Crippen LogP) is 3.43. The molecule has 0 aliphatic heterocycles. The number of nitrogens with one attached hydrogen (secondary N) is 1. The van der Waals surface area contributed by atoms with Crippen LogP contribution in [0.15, 0.2) is 34.2 Å². The number of nitrogens with two attached hydrogens (primary N) is 1. The lowest BCUT2D eigenvalue weighted by molar-refractivity contribution is 0.593. The van der Waals surface area contributed by atoms with Gasteiger partial charge in [-0.1, -0.05) is 14.4 Å². The van der Waals surface area contributed by atoms with E-state index < -0.39 is 9.84 Å². The van der Waals surface area contributed by atoms with Gasteiger partial charge < -0.3 is 11.1 Å². The number of fused-ring (bicyclic) bond motifs is 1. The second kappa shape index (κ2) is 10.6. The lowest BCUT2D eigenvalue weighted by Crippen LogP contribution is -2.27. The fraction of sp³-hybridized carbons (Fsp3) is 0.423. The quantitative estimate of drug-likeness (QED) is 0.328. The molecule has 206 valence electrons. The van der Waals surface area contributed by atoms with Crippen LogP contribution >= 0.6 is 0 Å². The van der Waals surface area contributed by atoms with Gasteiger partial charge in [0.25, 0.3) is 5.56 Å². The number of aromatic nitrogens is 7. The Bertz CT molecular complexity index is 1700. The van der Waals surface area contributed by atoms with Crippen molar-refractivity contribution in [1.29, 1.82) is 0 Å². The van der Waals surface area contributed by atoms with E-state index in [4.69, 9.17) is 10.7 Å². The molecule has 1 fully saturated rings. The molecule has 4 heterocycles. The zero-order valence-corrected chi connectivity index (χ0v) is 22.4. The Morgan fingerprint density at radius 2 is 1.85 bits per heavy atom. The molecule has 1 saturated carbocycles. The molecule has 39 heavy (non-hydrogen) atoms. The average Bonchev–Trinajstić information content (AvgIpc) is 3.72. The van der Waals surface area contributed by atoms with E-state index in [1.165, 1.54) is 12.3 Å². The molecule has 0 bridgehead atoms. The third-order valence-electron chi connectivity index (χ3n) is 6.44. The third kappa shape index (κ3) is 5.44. The van der Waals surface area contributed by atoms with Crippen LogP contribution in [0.1, 0.15) is 70.1 Å². The molecule has 1 aliphatic carbocycles. The van der Waals surface area contributed by atoms with Crippen LogP contribution in [0.25, 0.3) is 22.6 Å². The Kier molecular flexibility index (Phi) is 7.64. The van der Waals surface area contributed by atoms with Crippen LogP contribution < -0.4 is 16.6 Å². The van der Waals surface area contributed by atoms with Crippen LogP contribution in [-0.4, -0.2) is 48.6 Å². The number of hydrogen-bond acceptors (Lipinski definition) is 11. The first-order valence-corrected chi connectivity index (χ1v) is 14.1. The highest BCUT2D eigenvalue weighted by Gasteiger charge is 2.31. The first kappa shape index (κ1) is 28.0. The predicted molar refractivity (Wildman–Crippen MR) is 150 cm³/mol. The molecule has 0 unspecified atom stereocenters. The lowest BCUT2D eigenvalue weighted by atomic mass is 10.1. The Hall–Kier alpha value is -4.00. The van der Waals surface area contributed by atoms with Crippen molar-refractivity contribution in [2.24, 2.45) is 0 Å². The maximum Gasteiger partial charge on any atom is 0.295 e. The molecule has 0 aromatic carbocycles. The monoisotopic (exact) mass is 551 g/mol. The van der Waals surface area contributed by atoms with Gasteiger partial charge in [-0.25, -0.2) is 33.3 Å². The second-order valence-corrected chi connectivity index (χ2v) is 11.9. The SMILES string of the molecule is C.CCS(=O)(=O)c1ccc(CNc2nc3cnc(-c4c(C)nc(N)nc4C4CC4)nc3n(C(C)C)c2=O)nc1. The average molecular weight is 552 g/mol. The van der Waals surface area contributed by atoms with Gasteiger partial charge in [0, 0.05) is 18.2 Å². The van der Waals surface area contributed by atoms with E-state index >= 15 is 0 Å². The highest BCUT2D eigenvalue weighted by molar-refractivity contribution is 7.91. The molecular weight excluding hydrogens is 518 g/mol. The second-order valence-electron chi connectivity index (χ2n) is 9.58. The van der Waals surface area contributed by atoms with Crippen LogP contribution in [0.4, 0.5) is 11.8 Å². The van der Waals surface area contributed by atoms with Crippen molar-refractivity contribution in [2.75, 3.05) is 16.8 Å². The number of pyridine rings is 1. The van der Waals surface area contributed by atoms with E-state index in [1.54, 1.807) is 23.8 Å². The van der Waals surface area contributed by atoms with Crippen molar-refractivity contribution in [3.63, 3.8) is 0 Å². The third-order valence-corrected chi connectivity index (χ3v) is 8.16. The first-order chi connectivity index (χ1) is 18.1. The Morgan fingerprint density at radius 1 is 1.10 bits per heavy atom. The summed E-state index contributed by atoms with van der Waals surface area (Å²) in [6.07, 6.45) is 4.96. The Morgan fingerprint density at radius 3 is 2.46 bits per heavy atom. The number of hydrogen-bond donors (Lipinski definition) is 2. The topological polar surface area (TPSA) is 172 Å². The Balaban J connectivity index is 0.00000353. The summed E-state index contributed by atoms with van der Waals surface area (Å²) in [6.45, 7) is 7.41. The zero-order chi connectivity index (χ0) is 27.2. The molecule has 0 radical (unpaired) electrons. The number of anilines is 2. The summed E-state index contributed by atoms with van der Waals surface area (Å²) in [6, 6.07) is 2.91. The van der Waals surface area contributed by atoms with Gasteiger partial charge in [-0.05, 0) is 45.7 Å². The van der Waals surface area contributed by atoms with E-state index in [0.29, 0.717) is 34.3 Å². The van der Waals surface area contributed by atoms with E-state index in [1.807, 2.05) is 20.8 Å². The molecule has 3 N–H and O–H groups in total. The standard InChI is InChI=1S/C25H29N9O3S.CH4/c1-5-38(36,37)17-9-8-16(27-11-17)10-28-22-24(35)34(13(2)3)23-18(31-22)12-29-21(33-23)19-14(4)30-25(26)32-20(19)15-6-7-15;/h8-9,11-13,15H,5-7,10H2,1-4H3,(H,28,31)(H2,26,30,32);1H4. The molecule has 0 spiro atoms. The van der Waals surface area contributed by atoms with Gasteiger partial charge in [-0.3, -0.25) is 14.3 Å². The largest absolute Gasteiger partial charge is 0.368 e. The summed E-state index contributed by atoms with van der Waals surface area (Å²) in [5.74, 6) is 1.08. The van der Waals surface area contributed by atoms with Crippen molar-refractivity contribution in [1.82, 2.24) is 34.5 Å². The molecule has 0 atom stereocenters. The van der Waals surface area contributed by atoms with Crippen molar-refractivity contribution in [3.05, 3.63) is 52.0 Å². The maximum atomic E-state index is 13.5. The Labute approximate surface area is 227 Å². The minimum Gasteiger partial charge on any atom is -0.368 e. The molecule has 4 aromatic heterocycles. The molecule has 0 saturated heterocycles. The fourth-order valence-electron chi connectivity index (χ4n) is 4.30. The summed E-state index contributed by atoms with van der Waals surface area (Å²) < 4.78 is 25.6. The number of rotatable bonds is 8. The van der Waals surface area contributed by atoms with Gasteiger partial charge in [-0.2, -0.15) is 0 Å². The maximum absolute atomic E-state index is 13.5. The normalized spacial score (nSPS) is 13.5. The highest BCUT2D eigenvalue weighted by atomic mass is 32.2. The van der Waals surface area contributed by atoms with Gasteiger partial charge in [0.15, 0.2) is 27.1 Å². The minimum absolute atomic E-state index is 0. The van der Waals surface area contributed by atoms with Crippen LogP contribution in [0.2, 0.25) is 0 Å². The number of sulfone groups is 1. The first-order valence-electron chi connectivity index (χ1n) is 12.4. The van der Waals surface area contributed by atoms with Crippen LogP contribution in [-0.2, 0) is 16.4 Å². The molecular formula is C26H33N9O3S. The molecule has 12 nitrogen and oxygen atoms in total. The van der Waals surface area contributed by atoms with Crippen molar-refractivity contribution >= 4 is 32.8 Å². The summed E-state index contributed by atoms with van der Waals surface area (Å²) in [7, 11) is -3.34. The van der Waals surface area contributed by atoms with Crippen LogP contribution in [0.3, 0.4) is 0 Å². The molecule has 13 heteroatoms. The minimum atomic E-state index is -3.34. The van der Waals surface area contributed by atoms with E-state index in [2.05, 4.69) is 30.2 Å². The number of nitrogen functional groups attached to an aromatic ring is 1. The molecule has 5 rings (SSSR count). The zero-order valence-electron chi connectivity index (χ0n) is 21.6. The highest BCUT2D eigenvalue weighted by Crippen LogP contribution is 2.43. The summed E-state index contributed by atoms with van der Waals surface area (Å²) in [5, 5.41) is 3.04. The van der Waals surface area contributed by atoms with Gasteiger partial charge in [0.1, 0.15) is 5.52 Å². The summed E-state index contributed by atoms with van der Waals surface area (Å²) >= 11 is 0. The summed E-state index contributed by atoms with van der Waals surface area (Å²) in [5.41, 5.74) is 9.26. The van der Waals surface area contributed by atoms with Crippen molar-refractivity contribution in [2.45, 2.75) is 71.4 Å². The number of aryl methyl sites for hydroxylation is 1.